The van der Waals surface area contributed by atoms with Crippen LogP contribution in [0.2, 0.25) is 0 Å². The Hall–Kier alpha value is -2.74. The van der Waals surface area contributed by atoms with E-state index in [4.69, 9.17) is 4.99 Å². The van der Waals surface area contributed by atoms with Gasteiger partial charge in [0.1, 0.15) is 23.7 Å². The summed E-state index contributed by atoms with van der Waals surface area (Å²) < 4.78 is 0. The molecule has 0 radical (unpaired) electrons. The SMILES string of the molecule is C=CC(CC=O)N1CCC(NC2=CCN=C(NC)C(C(=C)C(=O)NC(C)(C)C)=N2)CC1. The second kappa shape index (κ2) is 11.0. The third-order valence-corrected chi connectivity index (χ3v) is 5.24. The standard InChI is InChI=1S/C23H36N6O2/c1-7-18(11-15-30)29-13-9-17(10-14-29)26-19-8-12-25-21(24-6)20(27-19)16(2)22(31)28-23(3,4)5/h7-8,15,17-18,26H,1-2,9-14H2,3-6H3,(H,24,25)(H,28,31). The van der Waals surface area contributed by atoms with Gasteiger partial charge in [-0.15, -0.1) is 6.58 Å². The molecule has 0 aromatic heterocycles. The van der Waals surface area contributed by atoms with Gasteiger partial charge in [-0.2, -0.15) is 0 Å². The number of hydrogen-bond donors (Lipinski definition) is 3. The maximum atomic E-state index is 12.7. The zero-order valence-corrected chi connectivity index (χ0v) is 19.2. The van der Waals surface area contributed by atoms with Crippen molar-refractivity contribution in [3.63, 3.8) is 0 Å². The Morgan fingerprint density at radius 1 is 1.35 bits per heavy atom. The van der Waals surface area contributed by atoms with Crippen LogP contribution in [0.15, 0.2) is 46.7 Å². The van der Waals surface area contributed by atoms with Crippen molar-refractivity contribution in [1.29, 1.82) is 0 Å². The van der Waals surface area contributed by atoms with Crippen molar-refractivity contribution in [1.82, 2.24) is 20.9 Å². The van der Waals surface area contributed by atoms with Crippen LogP contribution in [0.1, 0.15) is 40.0 Å². The summed E-state index contributed by atoms with van der Waals surface area (Å²) in [6.07, 6.45) is 7.05. The average Bonchev–Trinajstić information content (AvgIpc) is 2.92. The molecule has 1 atom stereocenters. The number of aliphatic imine (C=N–C) groups is 2. The highest BCUT2D eigenvalue weighted by molar-refractivity contribution is 6.53. The van der Waals surface area contributed by atoms with Crippen LogP contribution in [0, 0.1) is 0 Å². The normalized spacial score (nSPS) is 19.2. The third-order valence-electron chi connectivity index (χ3n) is 5.24. The van der Waals surface area contributed by atoms with Gasteiger partial charge in [-0.3, -0.25) is 14.7 Å². The highest BCUT2D eigenvalue weighted by Gasteiger charge is 2.26. The number of hydrogen-bond acceptors (Lipinski definition) is 7. The zero-order valence-electron chi connectivity index (χ0n) is 19.2. The van der Waals surface area contributed by atoms with Gasteiger partial charge in [-0.25, -0.2) is 4.99 Å². The molecule has 0 aromatic rings. The molecule has 0 spiro atoms. The monoisotopic (exact) mass is 428 g/mol. The lowest BCUT2D eigenvalue weighted by atomic mass is 10.0. The molecule has 1 fully saturated rings. The lowest BCUT2D eigenvalue weighted by Gasteiger charge is -2.36. The van der Waals surface area contributed by atoms with E-state index in [0.717, 1.165) is 32.2 Å². The van der Waals surface area contributed by atoms with Crippen molar-refractivity contribution in [3.8, 4) is 0 Å². The molecule has 170 valence electrons. The predicted octanol–water partition coefficient (Wildman–Crippen LogP) is 1.57. The number of piperidine rings is 1. The molecule has 1 saturated heterocycles. The number of rotatable bonds is 8. The van der Waals surface area contributed by atoms with E-state index in [-0.39, 0.29) is 29.1 Å². The van der Waals surface area contributed by atoms with Gasteiger partial charge in [-0.05, 0) is 39.7 Å². The quantitative estimate of drug-likeness (QED) is 0.310. The van der Waals surface area contributed by atoms with E-state index in [1.165, 1.54) is 0 Å². The zero-order chi connectivity index (χ0) is 23.0. The third kappa shape index (κ3) is 7.17. The fourth-order valence-electron chi connectivity index (χ4n) is 3.62. The molecule has 2 heterocycles. The summed E-state index contributed by atoms with van der Waals surface area (Å²) in [7, 11) is 1.76. The van der Waals surface area contributed by atoms with Gasteiger partial charge in [0, 0.05) is 44.2 Å². The molecule has 1 amide bonds. The molecule has 1 unspecified atom stereocenters. The molecule has 2 aliphatic rings. The number of amides is 1. The molecule has 3 N–H and O–H groups in total. The summed E-state index contributed by atoms with van der Waals surface area (Å²) in [5.41, 5.74) is 0.339. The van der Waals surface area contributed by atoms with Crippen LogP contribution >= 0.6 is 0 Å². The minimum Gasteiger partial charge on any atom is -0.372 e. The average molecular weight is 429 g/mol. The number of likely N-dealkylation sites (tertiary alicyclic amines) is 1. The van der Waals surface area contributed by atoms with Crippen molar-refractivity contribution in [3.05, 3.63) is 36.7 Å². The van der Waals surface area contributed by atoms with Crippen LogP contribution in [-0.2, 0) is 9.59 Å². The summed E-state index contributed by atoms with van der Waals surface area (Å²) in [5.74, 6) is 0.967. The van der Waals surface area contributed by atoms with Gasteiger partial charge in [0.15, 0.2) is 0 Å². The largest absolute Gasteiger partial charge is 0.372 e. The molecule has 2 aliphatic heterocycles. The van der Waals surface area contributed by atoms with Gasteiger partial charge in [-0.1, -0.05) is 12.7 Å². The van der Waals surface area contributed by atoms with E-state index in [9.17, 15) is 9.59 Å². The van der Waals surface area contributed by atoms with Gasteiger partial charge in [0.2, 0.25) is 0 Å². The summed E-state index contributed by atoms with van der Waals surface area (Å²) in [4.78, 5) is 35.0. The molecule has 0 aliphatic carbocycles. The van der Waals surface area contributed by atoms with Gasteiger partial charge < -0.3 is 20.7 Å². The van der Waals surface area contributed by atoms with E-state index in [1.54, 1.807) is 7.05 Å². The Morgan fingerprint density at radius 2 is 2.03 bits per heavy atom. The Bertz CT molecular complexity index is 782. The molecule has 31 heavy (non-hydrogen) atoms. The summed E-state index contributed by atoms with van der Waals surface area (Å²) in [6.45, 7) is 15.8. The number of amidine groups is 1. The highest BCUT2D eigenvalue weighted by Crippen LogP contribution is 2.17. The highest BCUT2D eigenvalue weighted by atomic mass is 16.1. The number of nitrogens with one attached hydrogen (secondary N) is 3. The number of carbonyl (C=O) groups is 2. The molecule has 8 heteroatoms. The Labute approximate surface area is 185 Å². The Balaban J connectivity index is 2.08. The van der Waals surface area contributed by atoms with E-state index >= 15 is 0 Å². The number of aldehydes is 1. The van der Waals surface area contributed by atoms with Crippen LogP contribution in [0.5, 0.6) is 0 Å². The first-order valence-corrected chi connectivity index (χ1v) is 10.8. The van der Waals surface area contributed by atoms with Crippen molar-refractivity contribution >= 4 is 23.7 Å². The van der Waals surface area contributed by atoms with Crippen LogP contribution in [0.25, 0.3) is 0 Å². The maximum absolute atomic E-state index is 12.7. The topological polar surface area (TPSA) is 98.2 Å². The molecular weight excluding hydrogens is 392 g/mol. The minimum absolute atomic E-state index is 0.0939. The minimum atomic E-state index is -0.375. The van der Waals surface area contributed by atoms with Crippen LogP contribution in [0.4, 0.5) is 0 Å². The molecular formula is C23H36N6O2. The second-order valence-electron chi connectivity index (χ2n) is 8.83. The van der Waals surface area contributed by atoms with Crippen LogP contribution in [-0.4, -0.2) is 72.9 Å². The number of carbonyl (C=O) groups excluding carboxylic acids is 2. The Kier molecular flexibility index (Phi) is 8.74. The summed E-state index contributed by atoms with van der Waals surface area (Å²) in [6, 6.07) is 0.346. The molecule has 0 aromatic carbocycles. The molecule has 0 bridgehead atoms. The second-order valence-corrected chi connectivity index (χ2v) is 8.83. The van der Waals surface area contributed by atoms with Crippen molar-refractivity contribution in [2.24, 2.45) is 9.98 Å². The van der Waals surface area contributed by atoms with Crippen LogP contribution < -0.4 is 16.0 Å². The summed E-state index contributed by atoms with van der Waals surface area (Å²) in [5, 5.41) is 9.46. The van der Waals surface area contributed by atoms with Crippen molar-refractivity contribution in [2.75, 3.05) is 26.7 Å². The molecule has 0 saturated carbocycles. The maximum Gasteiger partial charge on any atom is 0.253 e. The lowest BCUT2D eigenvalue weighted by molar-refractivity contribution is -0.118. The summed E-state index contributed by atoms with van der Waals surface area (Å²) >= 11 is 0. The number of nitrogens with zero attached hydrogens (tertiary/aromatic N) is 3. The van der Waals surface area contributed by atoms with Crippen LogP contribution in [0.3, 0.4) is 0 Å². The van der Waals surface area contributed by atoms with Gasteiger partial charge in [0.25, 0.3) is 5.91 Å². The smallest absolute Gasteiger partial charge is 0.253 e. The van der Waals surface area contributed by atoms with Crippen molar-refractivity contribution < 1.29 is 9.59 Å². The Morgan fingerprint density at radius 3 is 2.58 bits per heavy atom. The van der Waals surface area contributed by atoms with E-state index in [2.05, 4.69) is 39.0 Å². The molecule has 8 nitrogen and oxygen atoms in total. The first kappa shape index (κ1) is 24.5. The van der Waals surface area contributed by atoms with Gasteiger partial charge >= 0.3 is 0 Å². The van der Waals surface area contributed by atoms with E-state index in [0.29, 0.717) is 30.3 Å². The fourth-order valence-corrected chi connectivity index (χ4v) is 3.62. The van der Waals surface area contributed by atoms with E-state index in [1.807, 2.05) is 32.9 Å². The van der Waals surface area contributed by atoms with E-state index < -0.39 is 0 Å². The fraction of sp³-hybridized carbons (Fsp3) is 0.565. The first-order chi connectivity index (χ1) is 14.7. The lowest BCUT2D eigenvalue weighted by Crippen LogP contribution is -2.46. The van der Waals surface area contributed by atoms with Crippen molar-refractivity contribution in [2.45, 2.75) is 57.7 Å². The first-order valence-electron chi connectivity index (χ1n) is 10.8. The predicted molar refractivity (Wildman–Crippen MR) is 126 cm³/mol. The molecule has 2 rings (SSSR count). The van der Waals surface area contributed by atoms with Gasteiger partial charge in [0.05, 0.1) is 12.1 Å².